The van der Waals surface area contributed by atoms with E-state index in [0.717, 1.165) is 19.3 Å². The number of carbonyl (C=O) groups excluding carboxylic acids is 1. The number of carbonyl (C=O) groups is 2. The zero-order valence-electron chi connectivity index (χ0n) is 11.6. The number of nitrogens with one attached hydrogen (secondary N) is 1. The lowest BCUT2D eigenvalue weighted by atomic mass is 9.74. The molecule has 2 rings (SSSR count). The number of halogens is 1. The minimum atomic E-state index is -0.892. The minimum Gasteiger partial charge on any atom is -0.508 e. The molecule has 0 radical (unpaired) electrons. The van der Waals surface area contributed by atoms with E-state index in [2.05, 4.69) is 5.32 Å². The number of carboxylic acids is 1. The Labute approximate surface area is 127 Å². The molecule has 21 heavy (non-hydrogen) atoms. The van der Waals surface area contributed by atoms with Gasteiger partial charge in [0.2, 0.25) is 0 Å². The van der Waals surface area contributed by atoms with Crippen LogP contribution in [0.5, 0.6) is 5.75 Å². The standard InChI is InChI=1S/C15H18ClNO4/c16-12-5-4-10(18)8-11(12)13(19)17-9-15(14(20)21)6-2-1-3-7-15/h4-5,8,18H,1-3,6-7,9H2,(H,17,19)(H,20,21). The monoisotopic (exact) mass is 311 g/mol. The van der Waals surface area contributed by atoms with Crippen molar-refractivity contribution in [2.24, 2.45) is 5.41 Å². The normalized spacial score (nSPS) is 17.2. The second-order valence-electron chi connectivity index (χ2n) is 5.49. The summed E-state index contributed by atoms with van der Waals surface area (Å²) < 4.78 is 0. The van der Waals surface area contributed by atoms with Crippen LogP contribution in [0.2, 0.25) is 5.02 Å². The Hall–Kier alpha value is -1.75. The van der Waals surface area contributed by atoms with Gasteiger partial charge in [-0.2, -0.15) is 0 Å². The number of phenols is 1. The summed E-state index contributed by atoms with van der Waals surface area (Å²) in [7, 11) is 0. The van der Waals surface area contributed by atoms with E-state index in [0.29, 0.717) is 12.8 Å². The van der Waals surface area contributed by atoms with E-state index in [1.165, 1.54) is 18.2 Å². The van der Waals surface area contributed by atoms with Gasteiger partial charge in [0.1, 0.15) is 5.75 Å². The number of phenolic OH excluding ortho intramolecular Hbond substituents is 1. The van der Waals surface area contributed by atoms with Gasteiger partial charge in [-0.15, -0.1) is 0 Å². The van der Waals surface area contributed by atoms with Crippen LogP contribution in [0.1, 0.15) is 42.5 Å². The van der Waals surface area contributed by atoms with Gasteiger partial charge >= 0.3 is 5.97 Å². The highest BCUT2D eigenvalue weighted by Crippen LogP contribution is 2.36. The van der Waals surface area contributed by atoms with Crippen molar-refractivity contribution in [3.8, 4) is 5.75 Å². The summed E-state index contributed by atoms with van der Waals surface area (Å²) in [6.07, 6.45) is 3.87. The molecule has 1 aromatic carbocycles. The topological polar surface area (TPSA) is 86.6 Å². The lowest BCUT2D eigenvalue weighted by molar-refractivity contribution is -0.150. The Bertz CT molecular complexity index is 553. The molecule has 0 heterocycles. The highest BCUT2D eigenvalue weighted by Gasteiger charge is 2.39. The van der Waals surface area contributed by atoms with Gasteiger partial charge in [0, 0.05) is 6.54 Å². The summed E-state index contributed by atoms with van der Waals surface area (Å²) in [6, 6.07) is 4.09. The molecule has 0 atom stereocenters. The van der Waals surface area contributed by atoms with Crippen molar-refractivity contribution in [1.82, 2.24) is 5.32 Å². The Morgan fingerprint density at radius 2 is 1.90 bits per heavy atom. The Balaban J connectivity index is 2.08. The van der Waals surface area contributed by atoms with E-state index in [9.17, 15) is 19.8 Å². The Morgan fingerprint density at radius 1 is 1.24 bits per heavy atom. The number of hydrogen-bond acceptors (Lipinski definition) is 3. The summed E-state index contributed by atoms with van der Waals surface area (Å²) in [5, 5.41) is 21.7. The predicted molar refractivity (Wildman–Crippen MR) is 78.6 cm³/mol. The van der Waals surface area contributed by atoms with Crippen LogP contribution >= 0.6 is 11.6 Å². The van der Waals surface area contributed by atoms with E-state index in [1.807, 2.05) is 0 Å². The van der Waals surface area contributed by atoms with Gasteiger partial charge in [0.05, 0.1) is 16.0 Å². The van der Waals surface area contributed by atoms with Crippen molar-refractivity contribution in [3.63, 3.8) is 0 Å². The number of carboxylic acid groups (broad SMARTS) is 1. The van der Waals surface area contributed by atoms with Crippen molar-refractivity contribution in [2.45, 2.75) is 32.1 Å². The van der Waals surface area contributed by atoms with Gasteiger partial charge in [-0.3, -0.25) is 9.59 Å². The molecule has 0 bridgehead atoms. The van der Waals surface area contributed by atoms with Crippen LogP contribution in [0.25, 0.3) is 0 Å². The smallest absolute Gasteiger partial charge is 0.311 e. The van der Waals surface area contributed by atoms with Crippen molar-refractivity contribution < 1.29 is 19.8 Å². The van der Waals surface area contributed by atoms with Crippen LogP contribution in [0.15, 0.2) is 18.2 Å². The quantitative estimate of drug-likeness (QED) is 0.798. The fourth-order valence-corrected chi connectivity index (χ4v) is 2.93. The van der Waals surface area contributed by atoms with Gasteiger partial charge in [0.15, 0.2) is 0 Å². The molecule has 114 valence electrons. The second-order valence-corrected chi connectivity index (χ2v) is 5.90. The van der Waals surface area contributed by atoms with E-state index >= 15 is 0 Å². The van der Waals surface area contributed by atoms with Crippen LogP contribution in [0, 0.1) is 5.41 Å². The maximum Gasteiger partial charge on any atom is 0.311 e. The van der Waals surface area contributed by atoms with Crippen LogP contribution in [-0.2, 0) is 4.79 Å². The summed E-state index contributed by atoms with van der Waals surface area (Å²) >= 11 is 5.92. The average molecular weight is 312 g/mol. The number of aliphatic carboxylic acids is 1. The lowest BCUT2D eigenvalue weighted by Crippen LogP contribution is -2.44. The first kappa shape index (κ1) is 15.6. The first-order valence-corrected chi connectivity index (χ1v) is 7.32. The van der Waals surface area contributed by atoms with Gasteiger partial charge in [-0.25, -0.2) is 0 Å². The molecular weight excluding hydrogens is 294 g/mol. The van der Waals surface area contributed by atoms with E-state index in [-0.39, 0.29) is 22.9 Å². The number of hydrogen-bond donors (Lipinski definition) is 3. The first-order valence-electron chi connectivity index (χ1n) is 6.95. The summed E-state index contributed by atoms with van der Waals surface area (Å²) in [5.41, 5.74) is -0.745. The van der Waals surface area contributed by atoms with Crippen molar-refractivity contribution in [3.05, 3.63) is 28.8 Å². The minimum absolute atomic E-state index is 0.0600. The summed E-state index contributed by atoms with van der Waals surface area (Å²) in [4.78, 5) is 23.7. The molecule has 1 amide bonds. The number of amides is 1. The van der Waals surface area contributed by atoms with Crippen LogP contribution in [-0.4, -0.2) is 28.6 Å². The molecule has 0 aromatic heterocycles. The molecule has 5 nitrogen and oxygen atoms in total. The van der Waals surface area contributed by atoms with Gasteiger partial charge < -0.3 is 15.5 Å². The average Bonchev–Trinajstić information content (AvgIpc) is 2.48. The molecule has 0 saturated heterocycles. The second kappa shape index (κ2) is 6.35. The third-order valence-electron chi connectivity index (χ3n) is 4.05. The molecule has 0 spiro atoms. The highest BCUT2D eigenvalue weighted by atomic mass is 35.5. The van der Waals surface area contributed by atoms with Crippen LogP contribution in [0.3, 0.4) is 0 Å². The highest BCUT2D eigenvalue weighted by molar-refractivity contribution is 6.33. The number of aromatic hydroxyl groups is 1. The zero-order chi connectivity index (χ0) is 15.5. The van der Waals surface area contributed by atoms with E-state index < -0.39 is 17.3 Å². The maximum absolute atomic E-state index is 12.1. The van der Waals surface area contributed by atoms with Crippen molar-refractivity contribution in [1.29, 1.82) is 0 Å². The molecule has 1 saturated carbocycles. The van der Waals surface area contributed by atoms with E-state index in [1.54, 1.807) is 0 Å². The molecule has 1 aliphatic carbocycles. The number of rotatable bonds is 4. The van der Waals surface area contributed by atoms with Crippen molar-refractivity contribution in [2.75, 3.05) is 6.54 Å². The lowest BCUT2D eigenvalue weighted by Gasteiger charge is -2.33. The van der Waals surface area contributed by atoms with Crippen molar-refractivity contribution >= 4 is 23.5 Å². The molecule has 1 aromatic rings. The molecule has 0 aliphatic heterocycles. The first-order chi connectivity index (χ1) is 9.94. The van der Waals surface area contributed by atoms with Crippen LogP contribution < -0.4 is 5.32 Å². The molecule has 6 heteroatoms. The SMILES string of the molecule is O=C(NCC1(C(=O)O)CCCCC1)c1cc(O)ccc1Cl. The Morgan fingerprint density at radius 3 is 2.52 bits per heavy atom. The molecule has 1 fully saturated rings. The maximum atomic E-state index is 12.1. The predicted octanol–water partition coefficient (Wildman–Crippen LogP) is 2.81. The van der Waals surface area contributed by atoms with Crippen LogP contribution in [0.4, 0.5) is 0 Å². The summed E-state index contributed by atoms with van der Waals surface area (Å²) in [6.45, 7) is 0.0765. The molecular formula is C15H18ClNO4. The fraction of sp³-hybridized carbons (Fsp3) is 0.467. The third-order valence-corrected chi connectivity index (χ3v) is 4.38. The zero-order valence-corrected chi connectivity index (χ0v) is 12.3. The fourth-order valence-electron chi connectivity index (χ4n) is 2.73. The van der Waals surface area contributed by atoms with Gasteiger partial charge in [0.25, 0.3) is 5.91 Å². The number of benzene rings is 1. The largest absolute Gasteiger partial charge is 0.508 e. The van der Waals surface area contributed by atoms with E-state index in [4.69, 9.17) is 11.6 Å². The van der Waals surface area contributed by atoms with Gasteiger partial charge in [-0.1, -0.05) is 30.9 Å². The molecule has 0 unspecified atom stereocenters. The Kier molecular flexibility index (Phi) is 4.73. The summed E-state index contributed by atoms with van der Waals surface area (Å²) in [5.74, 6) is -1.40. The molecule has 3 N–H and O–H groups in total. The van der Waals surface area contributed by atoms with Gasteiger partial charge in [-0.05, 0) is 31.0 Å². The molecule has 1 aliphatic rings. The third kappa shape index (κ3) is 3.47.